The number of halogens is 4. The van der Waals surface area contributed by atoms with Gasteiger partial charge in [0.15, 0.2) is 21.4 Å². The van der Waals surface area contributed by atoms with E-state index in [4.69, 9.17) is 0 Å². The highest BCUT2D eigenvalue weighted by Gasteiger charge is 2.32. The van der Waals surface area contributed by atoms with Crippen molar-refractivity contribution in [3.05, 3.63) is 65.0 Å². The van der Waals surface area contributed by atoms with Gasteiger partial charge in [0.1, 0.15) is 0 Å². The zero-order valence-electron chi connectivity index (χ0n) is 14.9. The van der Waals surface area contributed by atoms with E-state index in [1.165, 1.54) is 6.07 Å². The lowest BCUT2D eigenvalue weighted by Gasteiger charge is -2.11. The van der Waals surface area contributed by atoms with E-state index in [-0.39, 0.29) is 5.75 Å². The Morgan fingerprint density at radius 2 is 1.44 bits per heavy atom. The Morgan fingerprint density at radius 1 is 0.926 bits per heavy atom. The molecule has 0 N–H and O–H groups in total. The van der Waals surface area contributed by atoms with Crippen LogP contribution in [0, 0.1) is 5.82 Å². The van der Waals surface area contributed by atoms with Gasteiger partial charge in [-0.15, -0.1) is 13.2 Å². The van der Waals surface area contributed by atoms with Gasteiger partial charge in [0.25, 0.3) is 0 Å². The van der Waals surface area contributed by atoms with Crippen LogP contribution in [0.3, 0.4) is 0 Å². The summed E-state index contributed by atoms with van der Waals surface area (Å²) in [6, 6.07) is 10.4. The second-order valence-electron chi connectivity index (χ2n) is 6.49. The molecule has 2 rings (SSSR count). The van der Waals surface area contributed by atoms with Crippen LogP contribution in [-0.2, 0) is 28.4 Å². The number of aryl methyl sites for hydroxylation is 2. The summed E-state index contributed by atoms with van der Waals surface area (Å²) in [6.07, 6.45) is -4.06. The zero-order valence-corrected chi connectivity index (χ0v) is 15.7. The van der Waals surface area contributed by atoms with Crippen LogP contribution in [-0.4, -0.2) is 20.0 Å². The number of sulfone groups is 1. The Labute approximate surface area is 155 Å². The fraction of sp³-hybridized carbons (Fsp3) is 0.368. The minimum absolute atomic E-state index is 0.0406. The number of rotatable bonds is 7. The molecule has 2 aromatic rings. The molecule has 0 spiro atoms. The Hall–Kier alpha value is -2.09. The molecule has 0 bridgehead atoms. The second kappa shape index (κ2) is 8.29. The van der Waals surface area contributed by atoms with E-state index in [1.54, 1.807) is 38.1 Å². The van der Waals surface area contributed by atoms with Crippen molar-refractivity contribution in [2.45, 2.75) is 44.1 Å². The first-order valence-electron chi connectivity index (χ1n) is 8.30. The maximum absolute atomic E-state index is 13.4. The summed E-state index contributed by atoms with van der Waals surface area (Å²) in [5.41, 5.74) is 2.07. The van der Waals surface area contributed by atoms with Gasteiger partial charge in [-0.2, -0.15) is 0 Å². The molecule has 0 aliphatic rings. The minimum Gasteiger partial charge on any atom is -0.403 e. The number of ether oxygens (including phenoxy) is 1. The maximum Gasteiger partial charge on any atom is 0.573 e. The van der Waals surface area contributed by atoms with Gasteiger partial charge in [-0.05, 0) is 55.5 Å². The standard InChI is InChI=1S/C19H20F4O3S/c1-13(2)27(24,25)12-16-7-4-14(5-8-16)3-6-15-9-10-17(20)18(11-15)26-19(21,22)23/h4-5,7-11,13H,3,6,12H2,1-2H3. The van der Waals surface area contributed by atoms with Crippen molar-refractivity contribution < 1.29 is 30.7 Å². The summed E-state index contributed by atoms with van der Waals surface area (Å²) < 4.78 is 77.8. The van der Waals surface area contributed by atoms with Crippen molar-refractivity contribution in [3.63, 3.8) is 0 Å². The van der Waals surface area contributed by atoms with Gasteiger partial charge in [0.05, 0.1) is 11.0 Å². The Morgan fingerprint density at radius 3 is 2.00 bits per heavy atom. The van der Waals surface area contributed by atoms with Crippen molar-refractivity contribution in [1.29, 1.82) is 0 Å². The summed E-state index contributed by atoms with van der Waals surface area (Å²) in [5, 5.41) is -0.455. The van der Waals surface area contributed by atoms with Crippen LogP contribution in [0.4, 0.5) is 17.6 Å². The van der Waals surface area contributed by atoms with Crippen LogP contribution in [0.5, 0.6) is 5.75 Å². The topological polar surface area (TPSA) is 43.4 Å². The molecule has 0 saturated carbocycles. The molecule has 0 unspecified atom stereocenters. The molecule has 148 valence electrons. The average molecular weight is 404 g/mol. The molecule has 0 aliphatic heterocycles. The minimum atomic E-state index is -4.95. The van der Waals surface area contributed by atoms with Crippen LogP contribution in [0.15, 0.2) is 42.5 Å². The van der Waals surface area contributed by atoms with Gasteiger partial charge < -0.3 is 4.74 Å². The quantitative estimate of drug-likeness (QED) is 0.621. The third-order valence-electron chi connectivity index (χ3n) is 4.03. The maximum atomic E-state index is 13.4. The summed E-state index contributed by atoms with van der Waals surface area (Å²) in [6.45, 7) is 3.26. The summed E-state index contributed by atoms with van der Waals surface area (Å²) in [7, 11) is -3.18. The molecule has 0 aromatic heterocycles. The smallest absolute Gasteiger partial charge is 0.403 e. The van der Waals surface area contributed by atoms with E-state index in [1.807, 2.05) is 0 Å². The molecule has 0 heterocycles. The third-order valence-corrected chi connectivity index (χ3v) is 6.20. The molecule has 0 fully saturated rings. The van der Waals surface area contributed by atoms with Crippen LogP contribution < -0.4 is 4.74 Å². The first-order valence-corrected chi connectivity index (χ1v) is 10.0. The predicted molar refractivity (Wildman–Crippen MR) is 94.7 cm³/mol. The van der Waals surface area contributed by atoms with Crippen LogP contribution in [0.1, 0.15) is 30.5 Å². The fourth-order valence-corrected chi connectivity index (χ4v) is 3.39. The lowest BCUT2D eigenvalue weighted by atomic mass is 10.0. The zero-order chi connectivity index (χ0) is 20.2. The van der Waals surface area contributed by atoms with E-state index in [0.29, 0.717) is 24.0 Å². The highest BCUT2D eigenvalue weighted by Crippen LogP contribution is 2.27. The van der Waals surface area contributed by atoms with Gasteiger partial charge in [-0.3, -0.25) is 0 Å². The Balaban J connectivity index is 2.02. The molecule has 0 atom stereocenters. The molecule has 0 aliphatic carbocycles. The molecule has 8 heteroatoms. The molecular weight excluding hydrogens is 384 g/mol. The summed E-state index contributed by atoms with van der Waals surface area (Å²) in [4.78, 5) is 0. The molecule has 3 nitrogen and oxygen atoms in total. The second-order valence-corrected chi connectivity index (χ2v) is 9.04. The molecule has 27 heavy (non-hydrogen) atoms. The molecule has 0 radical (unpaired) electrons. The number of hydrogen-bond acceptors (Lipinski definition) is 3. The van der Waals surface area contributed by atoms with E-state index in [0.717, 1.165) is 17.7 Å². The predicted octanol–water partition coefficient (Wildman–Crippen LogP) is 4.83. The lowest BCUT2D eigenvalue weighted by Crippen LogP contribution is -2.18. The Kier molecular flexibility index (Phi) is 6.51. The first kappa shape index (κ1) is 21.2. The average Bonchev–Trinajstić information content (AvgIpc) is 2.55. The molecule has 2 aromatic carbocycles. The lowest BCUT2D eigenvalue weighted by molar-refractivity contribution is -0.275. The Bertz CT molecular complexity index is 873. The van der Waals surface area contributed by atoms with Gasteiger partial charge in [0, 0.05) is 0 Å². The number of alkyl halides is 3. The number of hydrogen-bond donors (Lipinski definition) is 0. The van der Waals surface area contributed by atoms with Crippen LogP contribution >= 0.6 is 0 Å². The van der Waals surface area contributed by atoms with Crippen LogP contribution in [0.2, 0.25) is 0 Å². The molecule has 0 amide bonds. The monoisotopic (exact) mass is 404 g/mol. The molecule has 0 saturated heterocycles. The van der Waals surface area contributed by atoms with Gasteiger partial charge in [0.2, 0.25) is 0 Å². The van der Waals surface area contributed by atoms with Crippen molar-refractivity contribution in [3.8, 4) is 5.75 Å². The normalized spacial score (nSPS) is 12.4. The van der Waals surface area contributed by atoms with E-state index >= 15 is 0 Å². The summed E-state index contributed by atoms with van der Waals surface area (Å²) >= 11 is 0. The fourth-order valence-electron chi connectivity index (χ4n) is 2.40. The molecular formula is C19H20F4O3S. The van der Waals surface area contributed by atoms with Crippen molar-refractivity contribution in [1.82, 2.24) is 0 Å². The van der Waals surface area contributed by atoms with Gasteiger partial charge in [-0.25, -0.2) is 12.8 Å². The SMILES string of the molecule is CC(C)S(=O)(=O)Cc1ccc(CCc2ccc(F)c(OC(F)(F)F)c2)cc1. The third kappa shape index (κ3) is 6.53. The van der Waals surface area contributed by atoms with E-state index in [2.05, 4.69) is 4.74 Å². The summed E-state index contributed by atoms with van der Waals surface area (Å²) in [5.74, 6) is -1.97. The highest BCUT2D eigenvalue weighted by molar-refractivity contribution is 7.91. The van der Waals surface area contributed by atoms with Crippen molar-refractivity contribution in [2.24, 2.45) is 0 Å². The first-order chi connectivity index (χ1) is 12.5. The van der Waals surface area contributed by atoms with Gasteiger partial charge >= 0.3 is 6.36 Å². The van der Waals surface area contributed by atoms with E-state index in [9.17, 15) is 26.0 Å². The van der Waals surface area contributed by atoms with E-state index < -0.39 is 33.0 Å². The highest BCUT2D eigenvalue weighted by atomic mass is 32.2. The van der Waals surface area contributed by atoms with Crippen molar-refractivity contribution in [2.75, 3.05) is 0 Å². The van der Waals surface area contributed by atoms with Crippen LogP contribution in [0.25, 0.3) is 0 Å². The largest absolute Gasteiger partial charge is 0.573 e. The number of benzene rings is 2. The van der Waals surface area contributed by atoms with Gasteiger partial charge in [-0.1, -0.05) is 30.3 Å². The van der Waals surface area contributed by atoms with Crippen molar-refractivity contribution >= 4 is 9.84 Å².